The number of hydrogen-bond acceptors (Lipinski definition) is 2. The highest BCUT2D eigenvalue weighted by Gasteiger charge is 2.14. The third-order valence-corrected chi connectivity index (χ3v) is 3.34. The lowest BCUT2D eigenvalue weighted by atomic mass is 10.1. The third kappa shape index (κ3) is 2.15. The summed E-state index contributed by atoms with van der Waals surface area (Å²) in [5.74, 6) is 1.02. The lowest BCUT2D eigenvalue weighted by molar-refractivity contribution is 0.428. The van der Waals surface area contributed by atoms with Crippen LogP contribution in [0.1, 0.15) is 32.1 Å². The van der Waals surface area contributed by atoms with Crippen molar-refractivity contribution in [2.75, 3.05) is 6.54 Å². The highest BCUT2D eigenvalue weighted by Crippen LogP contribution is 2.30. The number of nitrogens with one attached hydrogen (secondary N) is 1. The predicted octanol–water partition coefficient (Wildman–Crippen LogP) is 4.26. The van der Waals surface area contributed by atoms with Crippen molar-refractivity contribution in [1.29, 1.82) is 0 Å². The van der Waals surface area contributed by atoms with Crippen LogP contribution >= 0.6 is 15.9 Å². The van der Waals surface area contributed by atoms with Gasteiger partial charge in [-0.2, -0.15) is 0 Å². The average molecular weight is 282 g/mol. The zero-order chi connectivity index (χ0) is 11.5. The van der Waals surface area contributed by atoms with E-state index in [-0.39, 0.29) is 0 Å². The van der Waals surface area contributed by atoms with E-state index in [2.05, 4.69) is 47.2 Å². The number of fused-ring (bicyclic) bond motifs is 1. The Kier molecular flexibility index (Phi) is 3.66. The van der Waals surface area contributed by atoms with Gasteiger partial charge in [0.25, 0.3) is 0 Å². The van der Waals surface area contributed by atoms with E-state index in [1.54, 1.807) is 0 Å². The first kappa shape index (κ1) is 11.7. The Morgan fingerprint density at radius 3 is 2.81 bits per heavy atom. The molecule has 0 aliphatic heterocycles. The number of halogens is 1. The van der Waals surface area contributed by atoms with Crippen molar-refractivity contribution in [1.82, 2.24) is 5.32 Å². The fraction of sp³-hybridized carbons (Fsp3) is 0.385. The van der Waals surface area contributed by atoms with Gasteiger partial charge in [0.1, 0.15) is 11.3 Å². The zero-order valence-electron chi connectivity index (χ0n) is 9.59. The van der Waals surface area contributed by atoms with Crippen molar-refractivity contribution in [3.63, 3.8) is 0 Å². The van der Waals surface area contributed by atoms with Gasteiger partial charge < -0.3 is 9.73 Å². The molecule has 3 heteroatoms. The summed E-state index contributed by atoms with van der Waals surface area (Å²) in [7, 11) is 0. The van der Waals surface area contributed by atoms with E-state index in [9.17, 15) is 0 Å². The van der Waals surface area contributed by atoms with Crippen LogP contribution in [0.3, 0.4) is 0 Å². The summed E-state index contributed by atoms with van der Waals surface area (Å²) in [6.07, 6.45) is 1.03. The first-order valence-electron chi connectivity index (χ1n) is 5.67. The van der Waals surface area contributed by atoms with Gasteiger partial charge in [-0.15, -0.1) is 0 Å². The van der Waals surface area contributed by atoms with E-state index in [4.69, 9.17) is 4.42 Å². The van der Waals surface area contributed by atoms with Crippen molar-refractivity contribution in [3.8, 4) is 0 Å². The van der Waals surface area contributed by atoms with Crippen LogP contribution in [-0.2, 0) is 0 Å². The Labute approximate surface area is 104 Å². The zero-order valence-corrected chi connectivity index (χ0v) is 11.2. The molecule has 1 heterocycles. The quantitative estimate of drug-likeness (QED) is 0.906. The Morgan fingerprint density at radius 2 is 2.19 bits per heavy atom. The Bertz CT molecular complexity index is 478. The van der Waals surface area contributed by atoms with Crippen LogP contribution in [0.4, 0.5) is 0 Å². The standard InChI is InChI=1S/C13H16BrNO/c1-3-11(15-4-2)12-8-9-6-5-7-10(14)13(9)16-12/h5-8,11,15H,3-4H2,1-2H3. The first-order chi connectivity index (χ1) is 7.76. The van der Waals surface area contributed by atoms with E-state index < -0.39 is 0 Å². The highest BCUT2D eigenvalue weighted by molar-refractivity contribution is 9.10. The molecule has 2 nitrogen and oxygen atoms in total. The Morgan fingerprint density at radius 1 is 1.38 bits per heavy atom. The number of benzene rings is 1. The van der Waals surface area contributed by atoms with Crippen LogP contribution in [0.15, 0.2) is 33.2 Å². The summed E-state index contributed by atoms with van der Waals surface area (Å²) in [4.78, 5) is 0. The summed E-state index contributed by atoms with van der Waals surface area (Å²) in [5.41, 5.74) is 0.939. The molecule has 0 bridgehead atoms. The van der Waals surface area contributed by atoms with Crippen molar-refractivity contribution in [2.24, 2.45) is 0 Å². The molecule has 1 unspecified atom stereocenters. The van der Waals surface area contributed by atoms with Gasteiger partial charge in [0.15, 0.2) is 0 Å². The minimum atomic E-state index is 0.310. The summed E-state index contributed by atoms with van der Waals surface area (Å²) in [5, 5.41) is 4.57. The van der Waals surface area contributed by atoms with Gasteiger partial charge in [0.05, 0.1) is 10.5 Å². The first-order valence-corrected chi connectivity index (χ1v) is 6.46. The average Bonchev–Trinajstić information content (AvgIpc) is 2.71. The lowest BCUT2D eigenvalue weighted by Gasteiger charge is -2.12. The number of hydrogen-bond donors (Lipinski definition) is 1. The van der Waals surface area contributed by atoms with Gasteiger partial charge in [-0.3, -0.25) is 0 Å². The molecule has 0 amide bonds. The molecule has 1 atom stereocenters. The molecule has 86 valence electrons. The summed E-state index contributed by atoms with van der Waals surface area (Å²) in [6.45, 7) is 5.23. The van der Waals surface area contributed by atoms with Crippen molar-refractivity contribution in [2.45, 2.75) is 26.3 Å². The molecular weight excluding hydrogens is 266 g/mol. The topological polar surface area (TPSA) is 25.2 Å². The highest BCUT2D eigenvalue weighted by atomic mass is 79.9. The number of furan rings is 1. The maximum Gasteiger partial charge on any atom is 0.148 e. The molecule has 0 saturated carbocycles. The molecule has 2 rings (SSSR count). The van der Waals surface area contributed by atoms with Crippen LogP contribution in [0.5, 0.6) is 0 Å². The predicted molar refractivity (Wildman–Crippen MR) is 70.6 cm³/mol. The van der Waals surface area contributed by atoms with Crippen molar-refractivity contribution < 1.29 is 4.42 Å². The normalized spacial score (nSPS) is 13.2. The second-order valence-corrected chi connectivity index (χ2v) is 4.68. The minimum Gasteiger partial charge on any atom is -0.458 e. The summed E-state index contributed by atoms with van der Waals surface area (Å²) in [6, 6.07) is 8.54. The van der Waals surface area contributed by atoms with Gasteiger partial charge in [0, 0.05) is 5.39 Å². The molecule has 16 heavy (non-hydrogen) atoms. The van der Waals surface area contributed by atoms with Gasteiger partial charge in [0.2, 0.25) is 0 Å². The van der Waals surface area contributed by atoms with Gasteiger partial charge in [-0.25, -0.2) is 0 Å². The van der Waals surface area contributed by atoms with E-state index in [0.29, 0.717) is 6.04 Å². The molecule has 0 aliphatic rings. The molecule has 0 fully saturated rings. The van der Waals surface area contributed by atoms with E-state index in [0.717, 1.165) is 34.2 Å². The van der Waals surface area contributed by atoms with Crippen LogP contribution in [0, 0.1) is 0 Å². The molecule has 1 aromatic carbocycles. The third-order valence-electron chi connectivity index (χ3n) is 2.72. The van der Waals surface area contributed by atoms with Gasteiger partial charge >= 0.3 is 0 Å². The van der Waals surface area contributed by atoms with Gasteiger partial charge in [-0.1, -0.05) is 26.0 Å². The van der Waals surface area contributed by atoms with E-state index in [1.165, 1.54) is 0 Å². The summed E-state index contributed by atoms with van der Waals surface area (Å²) < 4.78 is 6.91. The van der Waals surface area contributed by atoms with E-state index >= 15 is 0 Å². The Balaban J connectivity index is 2.42. The van der Waals surface area contributed by atoms with Crippen LogP contribution in [0.2, 0.25) is 0 Å². The molecular formula is C13H16BrNO. The summed E-state index contributed by atoms with van der Waals surface area (Å²) >= 11 is 3.51. The molecule has 1 aromatic heterocycles. The maximum atomic E-state index is 5.90. The second kappa shape index (κ2) is 5.02. The SMILES string of the molecule is CCNC(CC)c1cc2cccc(Br)c2o1. The molecule has 0 radical (unpaired) electrons. The lowest BCUT2D eigenvalue weighted by Crippen LogP contribution is -2.19. The monoisotopic (exact) mass is 281 g/mol. The molecule has 0 aliphatic carbocycles. The second-order valence-electron chi connectivity index (χ2n) is 3.83. The molecule has 0 saturated heterocycles. The van der Waals surface area contributed by atoms with E-state index in [1.807, 2.05) is 12.1 Å². The van der Waals surface area contributed by atoms with Crippen molar-refractivity contribution >= 4 is 26.9 Å². The fourth-order valence-electron chi connectivity index (χ4n) is 1.91. The molecule has 1 N–H and O–H groups in total. The fourth-order valence-corrected chi connectivity index (χ4v) is 2.37. The number of rotatable bonds is 4. The largest absolute Gasteiger partial charge is 0.458 e. The van der Waals surface area contributed by atoms with Crippen LogP contribution < -0.4 is 5.32 Å². The smallest absolute Gasteiger partial charge is 0.148 e. The van der Waals surface area contributed by atoms with Gasteiger partial charge in [-0.05, 0) is 41.0 Å². The maximum absolute atomic E-state index is 5.90. The van der Waals surface area contributed by atoms with Crippen molar-refractivity contribution in [3.05, 3.63) is 34.5 Å². The van der Waals surface area contributed by atoms with Crippen LogP contribution in [-0.4, -0.2) is 6.54 Å². The molecule has 0 spiro atoms. The molecule has 2 aromatic rings. The van der Waals surface area contributed by atoms with Crippen LogP contribution in [0.25, 0.3) is 11.0 Å². The Hall–Kier alpha value is -0.800. The minimum absolute atomic E-state index is 0.310. The number of para-hydroxylation sites is 1.